The van der Waals surface area contributed by atoms with Gasteiger partial charge in [-0.15, -0.1) is 0 Å². The molecule has 12 nitrogen and oxygen atoms in total. The number of nitrogens with one attached hydrogen (secondary N) is 3. The standard InChI is InChI=1S/C28H37N5O7/c1-16(2)24(33-25(36)20(29)14-18-8-10-19(34)11-9-18)27(38)32-22(15-17-6-4-3-5-7-17)26(37)31-21(28(39)40)12-13-23(30)35/h3-11,16,20-22,24,34H,12-15,29H2,1-2H3,(H2,30,35)(H,31,37)(H,32,38)(H,33,36)(H,39,40). The van der Waals surface area contributed by atoms with Crippen molar-refractivity contribution >= 4 is 29.6 Å². The van der Waals surface area contributed by atoms with E-state index in [2.05, 4.69) is 16.0 Å². The second-order valence-electron chi connectivity index (χ2n) is 9.86. The van der Waals surface area contributed by atoms with Gasteiger partial charge in [-0.3, -0.25) is 19.2 Å². The van der Waals surface area contributed by atoms with Crippen LogP contribution in [0.15, 0.2) is 54.6 Å². The predicted molar refractivity (Wildman–Crippen MR) is 147 cm³/mol. The SMILES string of the molecule is CC(C)C(NC(=O)C(N)Cc1ccc(O)cc1)C(=O)NC(Cc1ccccc1)C(=O)NC(CCC(N)=O)C(=O)O. The number of aliphatic carboxylic acids is 1. The molecule has 0 radical (unpaired) electrons. The number of phenolic OH excluding ortho intramolecular Hbond substituents is 1. The normalized spacial score (nSPS) is 13.9. The molecule has 4 atom stereocenters. The maximum absolute atomic E-state index is 13.3. The highest BCUT2D eigenvalue weighted by atomic mass is 16.4. The number of carboxylic acid groups (broad SMARTS) is 1. The van der Waals surface area contributed by atoms with E-state index >= 15 is 0 Å². The van der Waals surface area contributed by atoms with Crippen LogP contribution in [-0.2, 0) is 36.8 Å². The first-order valence-electron chi connectivity index (χ1n) is 12.9. The molecule has 0 aliphatic carbocycles. The van der Waals surface area contributed by atoms with Gasteiger partial charge in [0, 0.05) is 12.8 Å². The van der Waals surface area contributed by atoms with Crippen LogP contribution in [0.3, 0.4) is 0 Å². The lowest BCUT2D eigenvalue weighted by Crippen LogP contribution is -2.59. The fraction of sp³-hybridized carbons (Fsp3) is 0.393. The minimum atomic E-state index is -1.39. The van der Waals surface area contributed by atoms with Crippen molar-refractivity contribution in [3.05, 3.63) is 65.7 Å². The average Bonchev–Trinajstić information content (AvgIpc) is 2.90. The molecule has 4 unspecified atom stereocenters. The summed E-state index contributed by atoms with van der Waals surface area (Å²) in [5.74, 6) is -4.37. The second-order valence-corrected chi connectivity index (χ2v) is 9.86. The van der Waals surface area contributed by atoms with Crippen molar-refractivity contribution < 1.29 is 34.2 Å². The first-order chi connectivity index (χ1) is 18.9. The Morgan fingerprint density at radius 2 is 1.35 bits per heavy atom. The van der Waals surface area contributed by atoms with Gasteiger partial charge in [0.2, 0.25) is 23.6 Å². The van der Waals surface area contributed by atoms with Crippen LogP contribution in [-0.4, -0.2) is 64.0 Å². The molecule has 9 N–H and O–H groups in total. The Balaban J connectivity index is 2.17. The third-order valence-electron chi connectivity index (χ3n) is 6.19. The van der Waals surface area contributed by atoms with E-state index in [-0.39, 0.29) is 37.4 Å². The molecule has 0 aliphatic rings. The number of phenols is 1. The summed E-state index contributed by atoms with van der Waals surface area (Å²) in [6.45, 7) is 3.43. The Hall–Kier alpha value is -4.45. The number of aromatic hydroxyl groups is 1. The van der Waals surface area contributed by atoms with Gasteiger partial charge in [0.05, 0.1) is 6.04 Å². The Morgan fingerprint density at radius 3 is 1.90 bits per heavy atom. The molecule has 2 aromatic carbocycles. The number of hydrogen-bond donors (Lipinski definition) is 7. The molecular weight excluding hydrogens is 518 g/mol. The highest BCUT2D eigenvalue weighted by Crippen LogP contribution is 2.12. The molecule has 2 aromatic rings. The highest BCUT2D eigenvalue weighted by molar-refractivity contribution is 5.94. The number of carbonyl (C=O) groups excluding carboxylic acids is 4. The van der Waals surface area contributed by atoms with E-state index in [4.69, 9.17) is 11.5 Å². The van der Waals surface area contributed by atoms with E-state index in [1.54, 1.807) is 56.3 Å². The highest BCUT2D eigenvalue weighted by Gasteiger charge is 2.32. The van der Waals surface area contributed by atoms with Crippen molar-refractivity contribution in [3.8, 4) is 5.75 Å². The van der Waals surface area contributed by atoms with Crippen molar-refractivity contribution in [2.75, 3.05) is 0 Å². The van der Waals surface area contributed by atoms with E-state index in [9.17, 15) is 34.2 Å². The van der Waals surface area contributed by atoms with E-state index in [1.807, 2.05) is 0 Å². The molecule has 0 spiro atoms. The molecule has 0 heterocycles. The molecule has 0 bridgehead atoms. The Morgan fingerprint density at radius 1 is 0.775 bits per heavy atom. The van der Waals surface area contributed by atoms with Crippen LogP contribution >= 0.6 is 0 Å². The molecule has 0 fully saturated rings. The number of primary amides is 1. The van der Waals surface area contributed by atoms with E-state index in [0.29, 0.717) is 5.56 Å². The zero-order valence-corrected chi connectivity index (χ0v) is 22.5. The molecule has 12 heteroatoms. The molecule has 2 rings (SSSR count). The molecule has 4 amide bonds. The molecule has 0 saturated heterocycles. The maximum Gasteiger partial charge on any atom is 0.326 e. The quantitative estimate of drug-likeness (QED) is 0.158. The summed E-state index contributed by atoms with van der Waals surface area (Å²) in [5.41, 5.74) is 12.6. The summed E-state index contributed by atoms with van der Waals surface area (Å²) < 4.78 is 0. The van der Waals surface area contributed by atoms with Crippen LogP contribution in [0.4, 0.5) is 0 Å². The van der Waals surface area contributed by atoms with E-state index in [0.717, 1.165) is 5.56 Å². The van der Waals surface area contributed by atoms with Gasteiger partial charge >= 0.3 is 5.97 Å². The minimum Gasteiger partial charge on any atom is -0.508 e. The number of carboxylic acids is 1. The van der Waals surface area contributed by atoms with Crippen LogP contribution in [0.2, 0.25) is 0 Å². The topological polar surface area (TPSA) is 214 Å². The third kappa shape index (κ3) is 10.4. The van der Waals surface area contributed by atoms with Crippen LogP contribution in [0.25, 0.3) is 0 Å². The van der Waals surface area contributed by atoms with Gasteiger partial charge in [0.15, 0.2) is 0 Å². The average molecular weight is 556 g/mol. The van der Waals surface area contributed by atoms with Crippen LogP contribution < -0.4 is 27.4 Å². The van der Waals surface area contributed by atoms with Gasteiger partial charge in [0.25, 0.3) is 0 Å². The molecule has 216 valence electrons. The number of nitrogens with two attached hydrogens (primary N) is 2. The van der Waals surface area contributed by atoms with Gasteiger partial charge in [-0.05, 0) is 42.0 Å². The second kappa shape index (κ2) is 15.2. The lowest BCUT2D eigenvalue weighted by molar-refractivity contribution is -0.142. The van der Waals surface area contributed by atoms with Crippen LogP contribution in [0.5, 0.6) is 5.75 Å². The first kappa shape index (κ1) is 31.8. The summed E-state index contributed by atoms with van der Waals surface area (Å²) in [7, 11) is 0. The summed E-state index contributed by atoms with van der Waals surface area (Å²) in [6.07, 6.45) is -0.260. The van der Waals surface area contributed by atoms with Crippen molar-refractivity contribution in [1.29, 1.82) is 0 Å². The van der Waals surface area contributed by atoms with E-state index in [1.165, 1.54) is 12.1 Å². The van der Waals surface area contributed by atoms with Gasteiger partial charge in [-0.25, -0.2) is 4.79 Å². The number of benzene rings is 2. The largest absolute Gasteiger partial charge is 0.508 e. The molecule has 0 saturated carbocycles. The maximum atomic E-state index is 13.3. The number of carbonyl (C=O) groups is 5. The molecule has 40 heavy (non-hydrogen) atoms. The minimum absolute atomic E-state index is 0.0414. The van der Waals surface area contributed by atoms with Crippen LogP contribution in [0.1, 0.15) is 37.8 Å². The Labute approximate surface area is 232 Å². The summed E-state index contributed by atoms with van der Waals surface area (Å²) >= 11 is 0. The Kier molecular flexibility index (Phi) is 12.1. The smallest absolute Gasteiger partial charge is 0.326 e. The number of amides is 4. The lowest BCUT2D eigenvalue weighted by atomic mass is 9.99. The van der Waals surface area contributed by atoms with Gasteiger partial charge in [0.1, 0.15) is 23.9 Å². The summed E-state index contributed by atoms with van der Waals surface area (Å²) in [6, 6.07) is 10.4. The molecule has 0 aromatic heterocycles. The fourth-order valence-electron chi connectivity index (χ4n) is 3.91. The van der Waals surface area contributed by atoms with Crippen molar-refractivity contribution in [2.24, 2.45) is 17.4 Å². The fourth-order valence-corrected chi connectivity index (χ4v) is 3.91. The summed E-state index contributed by atoms with van der Waals surface area (Å²) in [5, 5.41) is 26.6. The zero-order valence-electron chi connectivity index (χ0n) is 22.5. The first-order valence-corrected chi connectivity index (χ1v) is 12.9. The van der Waals surface area contributed by atoms with Crippen molar-refractivity contribution in [3.63, 3.8) is 0 Å². The van der Waals surface area contributed by atoms with Crippen LogP contribution in [0, 0.1) is 5.92 Å². The zero-order chi connectivity index (χ0) is 29.8. The monoisotopic (exact) mass is 555 g/mol. The van der Waals surface area contributed by atoms with Gasteiger partial charge in [-0.2, -0.15) is 0 Å². The van der Waals surface area contributed by atoms with Gasteiger partial charge in [-0.1, -0.05) is 56.3 Å². The van der Waals surface area contributed by atoms with Crippen molar-refractivity contribution in [2.45, 2.75) is 63.7 Å². The summed E-state index contributed by atoms with van der Waals surface area (Å²) in [4.78, 5) is 62.1. The molecule has 0 aliphatic heterocycles. The lowest BCUT2D eigenvalue weighted by Gasteiger charge is -2.27. The van der Waals surface area contributed by atoms with E-state index < -0.39 is 53.8 Å². The van der Waals surface area contributed by atoms with Gasteiger partial charge < -0.3 is 37.6 Å². The number of rotatable bonds is 15. The third-order valence-corrected chi connectivity index (χ3v) is 6.19. The van der Waals surface area contributed by atoms with Crippen molar-refractivity contribution in [1.82, 2.24) is 16.0 Å². The Bertz CT molecular complexity index is 1170. The molecular formula is C28H37N5O7. The predicted octanol–water partition coefficient (Wildman–Crippen LogP) is -0.0348. The number of hydrogen-bond acceptors (Lipinski definition) is 7.